The average molecular weight is 415 g/mol. The van der Waals surface area contributed by atoms with E-state index in [9.17, 15) is 13.2 Å². The molecule has 1 heterocycles. The van der Waals surface area contributed by atoms with Crippen LogP contribution in [0.5, 0.6) is 5.75 Å². The number of aryl methyl sites for hydroxylation is 2. The molecule has 154 valence electrons. The van der Waals surface area contributed by atoms with E-state index >= 15 is 0 Å². The van der Waals surface area contributed by atoms with Crippen LogP contribution in [-0.4, -0.2) is 56.3 Å². The summed E-state index contributed by atoms with van der Waals surface area (Å²) in [5, 5.41) is 0. The zero-order valence-electron chi connectivity index (χ0n) is 16.6. The Labute approximate surface area is 172 Å². The van der Waals surface area contributed by atoms with Crippen molar-refractivity contribution in [2.24, 2.45) is 0 Å². The second-order valence-corrected chi connectivity index (χ2v) is 9.38. The summed E-state index contributed by atoms with van der Waals surface area (Å²) in [7, 11) is -3.58. The Balaban J connectivity index is 1.41. The van der Waals surface area contributed by atoms with E-state index in [2.05, 4.69) is 6.07 Å². The van der Waals surface area contributed by atoms with Gasteiger partial charge in [-0.05, 0) is 73.7 Å². The first kappa shape index (κ1) is 19.9. The smallest absolute Gasteiger partial charge is 0.253 e. The summed E-state index contributed by atoms with van der Waals surface area (Å²) in [6.45, 7) is 3.80. The normalized spacial score (nSPS) is 17.2. The fourth-order valence-corrected chi connectivity index (χ4v) is 5.46. The number of piperazine rings is 1. The molecule has 2 aromatic carbocycles. The van der Waals surface area contributed by atoms with Gasteiger partial charge in [-0.2, -0.15) is 4.31 Å². The van der Waals surface area contributed by atoms with Crippen molar-refractivity contribution in [1.29, 1.82) is 0 Å². The molecule has 1 saturated heterocycles. The Bertz CT molecular complexity index is 994. The van der Waals surface area contributed by atoms with Crippen molar-refractivity contribution >= 4 is 15.9 Å². The molecule has 1 fully saturated rings. The van der Waals surface area contributed by atoms with Crippen LogP contribution in [-0.2, 0) is 22.9 Å². The Morgan fingerprint density at radius 3 is 2.34 bits per heavy atom. The number of hydrogen-bond acceptors (Lipinski definition) is 4. The van der Waals surface area contributed by atoms with Gasteiger partial charge in [0.1, 0.15) is 5.75 Å². The molecule has 7 heteroatoms. The summed E-state index contributed by atoms with van der Waals surface area (Å²) in [5.74, 6) is 0.633. The number of hydrogen-bond donors (Lipinski definition) is 0. The molecule has 1 aliphatic heterocycles. The second-order valence-electron chi connectivity index (χ2n) is 7.44. The molecule has 1 aliphatic carbocycles. The van der Waals surface area contributed by atoms with Gasteiger partial charge in [0.25, 0.3) is 5.91 Å². The first-order valence-electron chi connectivity index (χ1n) is 10.1. The number of nitrogens with zero attached hydrogens (tertiary/aromatic N) is 2. The van der Waals surface area contributed by atoms with Gasteiger partial charge in [-0.25, -0.2) is 8.42 Å². The molecule has 2 aromatic rings. The van der Waals surface area contributed by atoms with Crippen LogP contribution in [0.25, 0.3) is 0 Å². The van der Waals surface area contributed by atoms with Crippen LogP contribution >= 0.6 is 0 Å². The zero-order valence-corrected chi connectivity index (χ0v) is 17.5. The zero-order chi connectivity index (χ0) is 20.4. The van der Waals surface area contributed by atoms with Crippen molar-refractivity contribution in [3.8, 4) is 5.75 Å². The van der Waals surface area contributed by atoms with Crippen LogP contribution < -0.4 is 4.74 Å². The highest BCUT2D eigenvalue weighted by Crippen LogP contribution is 2.25. The van der Waals surface area contributed by atoms with Crippen molar-refractivity contribution in [2.75, 3.05) is 32.8 Å². The van der Waals surface area contributed by atoms with Crippen LogP contribution in [0, 0.1) is 0 Å². The van der Waals surface area contributed by atoms with E-state index in [0.717, 1.165) is 19.3 Å². The quantitative estimate of drug-likeness (QED) is 0.755. The molecule has 0 N–H and O–H groups in total. The Morgan fingerprint density at radius 2 is 1.66 bits per heavy atom. The first-order valence-corrected chi connectivity index (χ1v) is 11.6. The van der Waals surface area contributed by atoms with E-state index in [1.807, 2.05) is 19.1 Å². The van der Waals surface area contributed by atoms with Gasteiger partial charge >= 0.3 is 0 Å². The maximum absolute atomic E-state index is 12.9. The maximum Gasteiger partial charge on any atom is 0.253 e. The van der Waals surface area contributed by atoms with E-state index in [4.69, 9.17) is 4.74 Å². The number of amides is 1. The topological polar surface area (TPSA) is 66.9 Å². The molecule has 0 unspecified atom stereocenters. The Morgan fingerprint density at radius 1 is 0.966 bits per heavy atom. The summed E-state index contributed by atoms with van der Waals surface area (Å²) < 4.78 is 32.7. The molecular formula is C22H26N2O4S. The van der Waals surface area contributed by atoms with Gasteiger partial charge in [-0.3, -0.25) is 4.79 Å². The van der Waals surface area contributed by atoms with Crippen LogP contribution in [0.3, 0.4) is 0 Å². The lowest BCUT2D eigenvalue weighted by Crippen LogP contribution is -2.50. The molecule has 4 rings (SSSR count). The highest BCUT2D eigenvalue weighted by atomic mass is 32.2. The standard InChI is InChI=1S/C22H26N2O4S/c1-2-28-20-8-10-21(11-9-20)29(26,27)24-14-12-23(13-15-24)22(25)19-7-6-17-4-3-5-18(17)16-19/h6-11,16H,2-5,12-15H2,1H3. The number of ether oxygens (including phenoxy) is 1. The minimum Gasteiger partial charge on any atom is -0.494 e. The molecule has 0 radical (unpaired) electrons. The molecule has 1 amide bonds. The number of carbonyl (C=O) groups is 1. The maximum atomic E-state index is 12.9. The van der Waals surface area contributed by atoms with Crippen molar-refractivity contribution in [1.82, 2.24) is 9.21 Å². The van der Waals surface area contributed by atoms with Crippen LogP contribution in [0.1, 0.15) is 34.8 Å². The number of fused-ring (bicyclic) bond motifs is 1. The SMILES string of the molecule is CCOc1ccc(S(=O)(=O)N2CCN(C(=O)c3ccc4c(c3)CCC4)CC2)cc1. The van der Waals surface area contributed by atoms with Crippen molar-refractivity contribution < 1.29 is 17.9 Å². The largest absolute Gasteiger partial charge is 0.494 e. The summed E-state index contributed by atoms with van der Waals surface area (Å²) in [4.78, 5) is 14.9. The third kappa shape index (κ3) is 4.02. The highest BCUT2D eigenvalue weighted by Gasteiger charge is 2.30. The summed E-state index contributed by atoms with van der Waals surface area (Å²) in [6, 6.07) is 12.4. The lowest BCUT2D eigenvalue weighted by atomic mass is 10.1. The van der Waals surface area contributed by atoms with Gasteiger partial charge in [0.05, 0.1) is 11.5 Å². The molecule has 0 saturated carbocycles. The molecule has 0 spiro atoms. The molecule has 6 nitrogen and oxygen atoms in total. The van der Waals surface area contributed by atoms with E-state index in [0.29, 0.717) is 44.1 Å². The molecule has 0 atom stereocenters. The number of carbonyl (C=O) groups excluding carboxylic acids is 1. The third-order valence-corrected chi connectivity index (χ3v) is 7.56. The average Bonchev–Trinajstić information content (AvgIpc) is 3.22. The predicted molar refractivity (Wildman–Crippen MR) is 111 cm³/mol. The minimum atomic E-state index is -3.58. The van der Waals surface area contributed by atoms with Crippen LogP contribution in [0.15, 0.2) is 47.4 Å². The number of benzene rings is 2. The monoisotopic (exact) mass is 414 g/mol. The Kier molecular flexibility index (Phi) is 5.61. The fourth-order valence-electron chi connectivity index (χ4n) is 4.04. The lowest BCUT2D eigenvalue weighted by Gasteiger charge is -2.34. The number of sulfonamides is 1. The second kappa shape index (κ2) is 8.16. The molecule has 2 aliphatic rings. The van der Waals surface area contributed by atoms with Crippen molar-refractivity contribution in [3.05, 3.63) is 59.2 Å². The first-order chi connectivity index (χ1) is 14.0. The van der Waals surface area contributed by atoms with Crippen molar-refractivity contribution in [2.45, 2.75) is 31.1 Å². The van der Waals surface area contributed by atoms with Crippen LogP contribution in [0.2, 0.25) is 0 Å². The van der Waals surface area contributed by atoms with E-state index < -0.39 is 10.0 Å². The summed E-state index contributed by atoms with van der Waals surface area (Å²) >= 11 is 0. The molecule has 0 aromatic heterocycles. The van der Waals surface area contributed by atoms with Gasteiger partial charge in [-0.1, -0.05) is 6.07 Å². The van der Waals surface area contributed by atoms with Gasteiger partial charge < -0.3 is 9.64 Å². The van der Waals surface area contributed by atoms with Gasteiger partial charge in [0, 0.05) is 31.7 Å². The molecule has 29 heavy (non-hydrogen) atoms. The molecule has 0 bridgehead atoms. The Hall–Kier alpha value is -2.38. The highest BCUT2D eigenvalue weighted by molar-refractivity contribution is 7.89. The molecular weight excluding hydrogens is 388 g/mol. The predicted octanol–water partition coefficient (Wildman–Crippen LogP) is 2.72. The fraction of sp³-hybridized carbons (Fsp3) is 0.409. The summed E-state index contributed by atoms with van der Waals surface area (Å²) in [6.07, 6.45) is 3.27. The minimum absolute atomic E-state index is 0.0159. The summed E-state index contributed by atoms with van der Waals surface area (Å²) in [5.41, 5.74) is 3.31. The van der Waals surface area contributed by atoms with E-state index in [1.54, 1.807) is 29.2 Å². The van der Waals surface area contributed by atoms with Crippen LogP contribution in [0.4, 0.5) is 0 Å². The van der Waals surface area contributed by atoms with Gasteiger partial charge in [0.2, 0.25) is 10.0 Å². The van der Waals surface area contributed by atoms with Gasteiger partial charge in [-0.15, -0.1) is 0 Å². The van der Waals surface area contributed by atoms with Crippen molar-refractivity contribution in [3.63, 3.8) is 0 Å². The van der Waals surface area contributed by atoms with Gasteiger partial charge in [0.15, 0.2) is 0 Å². The lowest BCUT2D eigenvalue weighted by molar-refractivity contribution is 0.0698. The third-order valence-electron chi connectivity index (χ3n) is 5.64. The number of rotatable bonds is 5. The van der Waals surface area contributed by atoms with E-state index in [1.165, 1.54) is 15.4 Å². The van der Waals surface area contributed by atoms with E-state index in [-0.39, 0.29) is 10.8 Å².